The summed E-state index contributed by atoms with van der Waals surface area (Å²) in [6, 6.07) is 4.19. The standard InChI is InChI=1S/C13H16ClN5/c14-11-2-1-4-17-13(11)19-7-3-10(9-19)18-8-12-15-5-6-16-12/h1-2,4-6,10,18H,3,7-9H2,(H,15,16)/t10-/m0/s1. The van der Waals surface area contributed by atoms with E-state index in [1.165, 1.54) is 0 Å². The molecule has 100 valence electrons. The summed E-state index contributed by atoms with van der Waals surface area (Å²) in [4.78, 5) is 13.9. The van der Waals surface area contributed by atoms with E-state index in [9.17, 15) is 0 Å². The van der Waals surface area contributed by atoms with Gasteiger partial charge in [-0.05, 0) is 18.6 Å². The van der Waals surface area contributed by atoms with Gasteiger partial charge in [-0.2, -0.15) is 0 Å². The van der Waals surface area contributed by atoms with Crippen LogP contribution in [0.2, 0.25) is 5.02 Å². The van der Waals surface area contributed by atoms with E-state index in [1.807, 2.05) is 18.3 Å². The van der Waals surface area contributed by atoms with Crippen LogP contribution in [0.4, 0.5) is 5.82 Å². The smallest absolute Gasteiger partial charge is 0.147 e. The first-order valence-electron chi connectivity index (χ1n) is 6.40. The van der Waals surface area contributed by atoms with E-state index in [2.05, 4.69) is 25.2 Å². The molecule has 2 N–H and O–H groups in total. The second-order valence-electron chi connectivity index (χ2n) is 4.66. The third-order valence-corrected chi connectivity index (χ3v) is 3.63. The van der Waals surface area contributed by atoms with Crippen LogP contribution < -0.4 is 10.2 Å². The molecule has 19 heavy (non-hydrogen) atoms. The van der Waals surface area contributed by atoms with Crippen molar-refractivity contribution in [2.45, 2.75) is 19.0 Å². The van der Waals surface area contributed by atoms with E-state index in [-0.39, 0.29) is 0 Å². The maximum atomic E-state index is 6.17. The van der Waals surface area contributed by atoms with E-state index in [1.54, 1.807) is 12.4 Å². The third kappa shape index (κ3) is 2.88. The van der Waals surface area contributed by atoms with Gasteiger partial charge in [0.15, 0.2) is 0 Å². The van der Waals surface area contributed by atoms with Gasteiger partial charge in [0.25, 0.3) is 0 Å². The van der Waals surface area contributed by atoms with Gasteiger partial charge in [-0.1, -0.05) is 11.6 Å². The van der Waals surface area contributed by atoms with Crippen molar-refractivity contribution in [3.63, 3.8) is 0 Å². The van der Waals surface area contributed by atoms with E-state index < -0.39 is 0 Å². The van der Waals surface area contributed by atoms with E-state index in [0.717, 1.165) is 37.7 Å². The van der Waals surface area contributed by atoms with Gasteiger partial charge in [-0.15, -0.1) is 0 Å². The zero-order valence-corrected chi connectivity index (χ0v) is 11.3. The number of aromatic nitrogens is 3. The third-order valence-electron chi connectivity index (χ3n) is 3.34. The zero-order chi connectivity index (χ0) is 13.1. The van der Waals surface area contributed by atoms with Gasteiger partial charge >= 0.3 is 0 Å². The first-order valence-corrected chi connectivity index (χ1v) is 6.78. The first kappa shape index (κ1) is 12.4. The van der Waals surface area contributed by atoms with Crippen LogP contribution in [0, 0.1) is 0 Å². The fourth-order valence-corrected chi connectivity index (χ4v) is 2.61. The highest BCUT2D eigenvalue weighted by atomic mass is 35.5. The van der Waals surface area contributed by atoms with Crippen molar-refractivity contribution in [1.29, 1.82) is 0 Å². The molecule has 0 radical (unpaired) electrons. The normalized spacial score (nSPS) is 19.0. The molecule has 3 rings (SSSR count). The molecule has 0 unspecified atom stereocenters. The number of pyridine rings is 1. The van der Waals surface area contributed by atoms with Crippen LogP contribution in [-0.4, -0.2) is 34.1 Å². The van der Waals surface area contributed by atoms with Crippen molar-refractivity contribution in [2.24, 2.45) is 0 Å². The number of anilines is 1. The van der Waals surface area contributed by atoms with Crippen LogP contribution >= 0.6 is 11.6 Å². The number of rotatable bonds is 4. The molecule has 0 amide bonds. The largest absolute Gasteiger partial charge is 0.354 e. The highest BCUT2D eigenvalue weighted by Gasteiger charge is 2.24. The maximum Gasteiger partial charge on any atom is 0.147 e. The Morgan fingerprint density at radius 2 is 2.37 bits per heavy atom. The monoisotopic (exact) mass is 277 g/mol. The summed E-state index contributed by atoms with van der Waals surface area (Å²) < 4.78 is 0. The molecule has 0 aliphatic carbocycles. The van der Waals surface area contributed by atoms with Gasteiger partial charge in [0.05, 0.1) is 11.6 Å². The summed E-state index contributed by atoms with van der Waals surface area (Å²) in [5, 5.41) is 4.21. The summed E-state index contributed by atoms with van der Waals surface area (Å²) in [5.41, 5.74) is 0. The molecule has 1 fully saturated rings. The van der Waals surface area contributed by atoms with Gasteiger partial charge < -0.3 is 15.2 Å². The van der Waals surface area contributed by atoms with Crippen molar-refractivity contribution < 1.29 is 0 Å². The quantitative estimate of drug-likeness (QED) is 0.895. The molecule has 5 nitrogen and oxygen atoms in total. The topological polar surface area (TPSA) is 56.8 Å². The van der Waals surface area contributed by atoms with E-state index in [0.29, 0.717) is 11.1 Å². The van der Waals surface area contributed by atoms with Crippen molar-refractivity contribution in [2.75, 3.05) is 18.0 Å². The second kappa shape index (κ2) is 5.59. The van der Waals surface area contributed by atoms with Crippen LogP contribution in [0.15, 0.2) is 30.7 Å². The molecule has 1 saturated heterocycles. The van der Waals surface area contributed by atoms with Crippen LogP contribution in [0.25, 0.3) is 0 Å². The van der Waals surface area contributed by atoms with Crippen molar-refractivity contribution in [3.05, 3.63) is 41.6 Å². The number of H-pyrrole nitrogens is 1. The van der Waals surface area contributed by atoms with E-state index >= 15 is 0 Å². The lowest BCUT2D eigenvalue weighted by molar-refractivity contribution is 0.541. The molecule has 6 heteroatoms. The van der Waals surface area contributed by atoms with Crippen molar-refractivity contribution >= 4 is 17.4 Å². The van der Waals surface area contributed by atoms with Crippen molar-refractivity contribution in [3.8, 4) is 0 Å². The molecule has 0 aromatic carbocycles. The Kier molecular flexibility index (Phi) is 3.66. The second-order valence-corrected chi connectivity index (χ2v) is 5.06. The van der Waals surface area contributed by atoms with Gasteiger partial charge in [0.1, 0.15) is 11.6 Å². The molecule has 0 bridgehead atoms. The highest BCUT2D eigenvalue weighted by molar-refractivity contribution is 6.32. The number of halogens is 1. The SMILES string of the molecule is Clc1cccnc1N1CC[C@H](NCc2ncc[nH]2)C1. The predicted octanol–water partition coefficient (Wildman–Crippen LogP) is 1.83. The molecule has 1 aliphatic rings. The first-order chi connectivity index (χ1) is 9.33. The van der Waals surface area contributed by atoms with E-state index in [4.69, 9.17) is 11.6 Å². The number of imidazole rings is 1. The fourth-order valence-electron chi connectivity index (χ4n) is 2.36. The Morgan fingerprint density at radius 1 is 1.42 bits per heavy atom. The molecule has 2 aromatic rings. The number of nitrogens with zero attached hydrogens (tertiary/aromatic N) is 3. The maximum absolute atomic E-state index is 6.17. The number of nitrogens with one attached hydrogen (secondary N) is 2. The van der Waals surface area contributed by atoms with Crippen LogP contribution in [0.5, 0.6) is 0 Å². The lowest BCUT2D eigenvalue weighted by Gasteiger charge is -2.18. The van der Waals surface area contributed by atoms with Gasteiger partial charge in [0.2, 0.25) is 0 Å². The summed E-state index contributed by atoms with van der Waals surface area (Å²) in [5.74, 6) is 1.85. The van der Waals surface area contributed by atoms with Crippen LogP contribution in [0.3, 0.4) is 0 Å². The fraction of sp³-hybridized carbons (Fsp3) is 0.385. The summed E-state index contributed by atoms with van der Waals surface area (Å²) in [7, 11) is 0. The molecule has 3 heterocycles. The molecule has 2 aromatic heterocycles. The minimum Gasteiger partial charge on any atom is -0.354 e. The average molecular weight is 278 g/mol. The van der Waals surface area contributed by atoms with Crippen LogP contribution in [0.1, 0.15) is 12.2 Å². The number of hydrogen-bond donors (Lipinski definition) is 2. The Labute approximate surface area is 117 Å². The zero-order valence-electron chi connectivity index (χ0n) is 10.5. The lowest BCUT2D eigenvalue weighted by Crippen LogP contribution is -2.32. The number of hydrogen-bond acceptors (Lipinski definition) is 4. The lowest BCUT2D eigenvalue weighted by atomic mass is 10.2. The predicted molar refractivity (Wildman–Crippen MR) is 75.3 cm³/mol. The van der Waals surface area contributed by atoms with Gasteiger partial charge in [-0.3, -0.25) is 0 Å². The van der Waals surface area contributed by atoms with Gasteiger partial charge in [-0.25, -0.2) is 9.97 Å². The molecular formula is C13H16ClN5. The summed E-state index contributed by atoms with van der Waals surface area (Å²) >= 11 is 6.17. The summed E-state index contributed by atoms with van der Waals surface area (Å²) in [6.07, 6.45) is 6.48. The van der Waals surface area contributed by atoms with Crippen molar-refractivity contribution in [1.82, 2.24) is 20.3 Å². The minimum absolute atomic E-state index is 0.447. The Bertz CT molecular complexity index is 528. The number of aromatic amines is 1. The molecule has 1 aliphatic heterocycles. The average Bonchev–Trinajstić information content (AvgIpc) is 3.08. The molecule has 0 saturated carbocycles. The summed E-state index contributed by atoms with van der Waals surface area (Å²) in [6.45, 7) is 2.67. The molecular weight excluding hydrogens is 262 g/mol. The minimum atomic E-state index is 0.447. The van der Waals surface area contributed by atoms with Crippen LogP contribution in [-0.2, 0) is 6.54 Å². The molecule has 1 atom stereocenters. The van der Waals surface area contributed by atoms with Gasteiger partial charge in [0, 0.05) is 37.7 Å². The molecule has 0 spiro atoms. The Morgan fingerprint density at radius 3 is 3.16 bits per heavy atom. The highest BCUT2D eigenvalue weighted by Crippen LogP contribution is 2.25. The Hall–Kier alpha value is -1.59. The Balaban J connectivity index is 1.57.